The van der Waals surface area contributed by atoms with Crippen LogP contribution in [0.3, 0.4) is 0 Å². The van der Waals surface area contributed by atoms with Gasteiger partial charge >= 0.3 is 0 Å². The minimum absolute atomic E-state index is 0.146. The second-order valence-electron chi connectivity index (χ2n) is 7.23. The van der Waals surface area contributed by atoms with Gasteiger partial charge in [0.25, 0.3) is 0 Å². The van der Waals surface area contributed by atoms with Crippen LogP contribution in [0.5, 0.6) is 0 Å². The Bertz CT molecular complexity index is 1190. The van der Waals surface area contributed by atoms with Crippen LogP contribution in [0.4, 0.5) is 0 Å². The summed E-state index contributed by atoms with van der Waals surface area (Å²) in [7, 11) is 0. The van der Waals surface area contributed by atoms with Gasteiger partial charge in [0, 0.05) is 16.9 Å². The highest BCUT2D eigenvalue weighted by molar-refractivity contribution is 5.86. The number of aromatic nitrogens is 1. The lowest BCUT2D eigenvalue weighted by Gasteiger charge is -2.21. The molecule has 0 aliphatic rings. The van der Waals surface area contributed by atoms with Crippen LogP contribution in [-0.2, 0) is 0 Å². The van der Waals surface area contributed by atoms with Crippen molar-refractivity contribution in [3.05, 3.63) is 138 Å². The Morgan fingerprint density at radius 1 is 0.517 bits per heavy atom. The molecule has 0 radical (unpaired) electrons. The van der Waals surface area contributed by atoms with Crippen molar-refractivity contribution in [3.63, 3.8) is 0 Å². The maximum atomic E-state index is 4.98. The van der Waals surface area contributed by atoms with Crippen LogP contribution < -0.4 is 0 Å². The van der Waals surface area contributed by atoms with Gasteiger partial charge in [-0.15, -0.1) is 0 Å². The Kier molecular flexibility index (Phi) is 4.63. The summed E-state index contributed by atoms with van der Waals surface area (Å²) in [6.45, 7) is 0. The van der Waals surface area contributed by atoms with Crippen LogP contribution in [0.25, 0.3) is 22.2 Å². The molecule has 0 saturated heterocycles. The standard InChI is InChI=1S/C28H21N/c1-4-12-21(13-5-1)27-20-25(24-18-10-11-19-26(24)29-27)28(22-14-6-2-7-15-22)23-16-8-3-9-17-23/h1-20,28H. The Balaban J connectivity index is 1.81. The van der Waals surface area contributed by atoms with Gasteiger partial charge in [0.15, 0.2) is 0 Å². The van der Waals surface area contributed by atoms with E-state index in [1.807, 2.05) is 6.07 Å². The zero-order chi connectivity index (χ0) is 19.5. The summed E-state index contributed by atoms with van der Waals surface area (Å²) in [5, 5.41) is 1.20. The first-order valence-corrected chi connectivity index (χ1v) is 9.95. The molecule has 5 rings (SSSR count). The Labute approximate surface area is 171 Å². The molecule has 0 unspecified atom stereocenters. The van der Waals surface area contributed by atoms with Crippen LogP contribution >= 0.6 is 0 Å². The second-order valence-corrected chi connectivity index (χ2v) is 7.23. The van der Waals surface area contributed by atoms with Crippen molar-refractivity contribution in [2.45, 2.75) is 5.92 Å². The lowest BCUT2D eigenvalue weighted by molar-refractivity contribution is 0.986. The van der Waals surface area contributed by atoms with E-state index in [9.17, 15) is 0 Å². The predicted molar refractivity (Wildman–Crippen MR) is 121 cm³/mol. The molecule has 4 aromatic carbocycles. The van der Waals surface area contributed by atoms with E-state index < -0.39 is 0 Å². The molecule has 0 atom stereocenters. The zero-order valence-corrected chi connectivity index (χ0v) is 16.1. The van der Waals surface area contributed by atoms with Gasteiger partial charge in [-0.2, -0.15) is 0 Å². The topological polar surface area (TPSA) is 12.9 Å². The number of hydrogen-bond acceptors (Lipinski definition) is 1. The van der Waals surface area contributed by atoms with Gasteiger partial charge in [-0.3, -0.25) is 0 Å². The van der Waals surface area contributed by atoms with Gasteiger partial charge in [-0.05, 0) is 28.8 Å². The number of fused-ring (bicyclic) bond motifs is 1. The molecule has 0 saturated carbocycles. The maximum Gasteiger partial charge on any atom is 0.0712 e. The van der Waals surface area contributed by atoms with Gasteiger partial charge in [0.05, 0.1) is 11.2 Å². The highest BCUT2D eigenvalue weighted by atomic mass is 14.7. The molecule has 0 amide bonds. The zero-order valence-electron chi connectivity index (χ0n) is 16.1. The molecule has 29 heavy (non-hydrogen) atoms. The summed E-state index contributed by atoms with van der Waals surface area (Å²) in [4.78, 5) is 4.98. The predicted octanol–water partition coefficient (Wildman–Crippen LogP) is 7.08. The molecule has 1 heterocycles. The van der Waals surface area contributed by atoms with E-state index >= 15 is 0 Å². The molecule has 1 heteroatoms. The van der Waals surface area contributed by atoms with E-state index in [0.29, 0.717) is 0 Å². The molecule has 138 valence electrons. The SMILES string of the molecule is c1ccc(-c2cc(C(c3ccccc3)c3ccccc3)c3ccccc3n2)cc1. The Morgan fingerprint density at radius 2 is 1.03 bits per heavy atom. The van der Waals surface area contributed by atoms with Gasteiger partial charge in [-0.25, -0.2) is 4.98 Å². The van der Waals surface area contributed by atoms with Crippen molar-refractivity contribution in [2.75, 3.05) is 0 Å². The molecule has 0 aliphatic heterocycles. The van der Waals surface area contributed by atoms with Gasteiger partial charge in [0.1, 0.15) is 0 Å². The molecular weight excluding hydrogens is 350 g/mol. The van der Waals surface area contributed by atoms with Crippen molar-refractivity contribution in [1.29, 1.82) is 0 Å². The smallest absolute Gasteiger partial charge is 0.0712 e. The molecule has 5 aromatic rings. The second kappa shape index (κ2) is 7.73. The first-order chi connectivity index (χ1) is 14.4. The first kappa shape index (κ1) is 17.4. The number of rotatable bonds is 4. The third-order valence-corrected chi connectivity index (χ3v) is 5.39. The minimum Gasteiger partial charge on any atom is -0.248 e. The minimum atomic E-state index is 0.146. The molecule has 0 N–H and O–H groups in total. The van der Waals surface area contributed by atoms with Gasteiger partial charge in [-0.1, -0.05) is 109 Å². The van der Waals surface area contributed by atoms with E-state index in [1.165, 1.54) is 22.1 Å². The Hall–Kier alpha value is -3.71. The maximum absolute atomic E-state index is 4.98. The van der Waals surface area contributed by atoms with E-state index in [4.69, 9.17) is 4.98 Å². The number of para-hydroxylation sites is 1. The number of nitrogens with zero attached hydrogens (tertiary/aromatic N) is 1. The molecule has 1 aromatic heterocycles. The van der Waals surface area contributed by atoms with Crippen LogP contribution in [0, 0.1) is 0 Å². The molecule has 0 bridgehead atoms. The summed E-state index contributed by atoms with van der Waals surface area (Å²) in [6, 6.07) is 42.6. The number of pyridine rings is 1. The third-order valence-electron chi connectivity index (χ3n) is 5.39. The largest absolute Gasteiger partial charge is 0.248 e. The number of benzene rings is 4. The van der Waals surface area contributed by atoms with E-state index in [2.05, 4.69) is 115 Å². The lowest BCUT2D eigenvalue weighted by atomic mass is 9.83. The Morgan fingerprint density at radius 3 is 1.66 bits per heavy atom. The van der Waals surface area contributed by atoms with E-state index in [0.717, 1.165) is 16.8 Å². The fourth-order valence-electron chi connectivity index (χ4n) is 4.04. The van der Waals surface area contributed by atoms with Crippen molar-refractivity contribution in [2.24, 2.45) is 0 Å². The highest BCUT2D eigenvalue weighted by Gasteiger charge is 2.20. The summed E-state index contributed by atoms with van der Waals surface area (Å²) >= 11 is 0. The molecule has 0 spiro atoms. The fourth-order valence-corrected chi connectivity index (χ4v) is 4.04. The van der Waals surface area contributed by atoms with Crippen LogP contribution in [0.15, 0.2) is 121 Å². The van der Waals surface area contributed by atoms with Crippen LogP contribution in [-0.4, -0.2) is 4.98 Å². The van der Waals surface area contributed by atoms with Crippen molar-refractivity contribution in [1.82, 2.24) is 4.98 Å². The molecule has 1 nitrogen and oxygen atoms in total. The lowest BCUT2D eigenvalue weighted by Crippen LogP contribution is -2.05. The number of hydrogen-bond donors (Lipinski definition) is 0. The van der Waals surface area contributed by atoms with Crippen molar-refractivity contribution in [3.8, 4) is 11.3 Å². The first-order valence-electron chi connectivity index (χ1n) is 9.95. The van der Waals surface area contributed by atoms with Crippen LogP contribution in [0.1, 0.15) is 22.6 Å². The van der Waals surface area contributed by atoms with Crippen molar-refractivity contribution >= 4 is 10.9 Å². The third kappa shape index (κ3) is 3.43. The van der Waals surface area contributed by atoms with Crippen LogP contribution in [0.2, 0.25) is 0 Å². The summed E-state index contributed by atoms with van der Waals surface area (Å²) in [5.41, 5.74) is 7.03. The van der Waals surface area contributed by atoms with Gasteiger partial charge < -0.3 is 0 Å². The van der Waals surface area contributed by atoms with Gasteiger partial charge in [0.2, 0.25) is 0 Å². The van der Waals surface area contributed by atoms with E-state index in [1.54, 1.807) is 0 Å². The average Bonchev–Trinajstić information content (AvgIpc) is 2.81. The average molecular weight is 371 g/mol. The summed E-state index contributed by atoms with van der Waals surface area (Å²) in [5.74, 6) is 0.146. The van der Waals surface area contributed by atoms with E-state index in [-0.39, 0.29) is 5.92 Å². The molecular formula is C28H21N. The van der Waals surface area contributed by atoms with Crippen molar-refractivity contribution < 1.29 is 0 Å². The monoisotopic (exact) mass is 371 g/mol. The summed E-state index contributed by atoms with van der Waals surface area (Å²) < 4.78 is 0. The highest BCUT2D eigenvalue weighted by Crippen LogP contribution is 2.37. The normalized spacial score (nSPS) is 11.1. The quantitative estimate of drug-likeness (QED) is 0.329. The summed E-state index contributed by atoms with van der Waals surface area (Å²) in [6.07, 6.45) is 0. The fraction of sp³-hybridized carbons (Fsp3) is 0.0357. The molecule has 0 aliphatic carbocycles. The molecule has 0 fully saturated rings.